The molecule has 2 atom stereocenters. The van der Waals surface area contributed by atoms with Gasteiger partial charge in [-0.2, -0.15) is 0 Å². The van der Waals surface area contributed by atoms with Crippen LogP contribution in [0.15, 0.2) is 4.99 Å². The molecule has 2 saturated heterocycles. The number of nitrogens with one attached hydrogen (secondary N) is 1. The Labute approximate surface area is 94.5 Å². The normalized spacial score (nSPS) is 34.7. The van der Waals surface area contributed by atoms with Gasteiger partial charge in [0.2, 0.25) is 5.91 Å². The van der Waals surface area contributed by atoms with Gasteiger partial charge in [0.25, 0.3) is 0 Å². The number of aliphatic imine (C=N–C) groups is 1. The first-order valence-corrected chi connectivity index (χ1v) is 6.37. The summed E-state index contributed by atoms with van der Waals surface area (Å²) in [5.74, 6) is 1.26. The maximum atomic E-state index is 11.6. The summed E-state index contributed by atoms with van der Waals surface area (Å²) in [5.41, 5.74) is 0. The molecule has 84 valence electrons. The third-order valence-electron chi connectivity index (χ3n) is 2.83. The Kier molecular flexibility index (Phi) is 3.19. The number of amidine groups is 1. The number of hydrogen-bond donors (Lipinski definition) is 1. The zero-order valence-corrected chi connectivity index (χ0v) is 10.0. The summed E-state index contributed by atoms with van der Waals surface area (Å²) >= 11 is 1.73. The van der Waals surface area contributed by atoms with Crippen LogP contribution in [0.2, 0.25) is 0 Å². The van der Waals surface area contributed by atoms with Gasteiger partial charge >= 0.3 is 0 Å². The fourth-order valence-electron chi connectivity index (χ4n) is 1.80. The molecule has 0 radical (unpaired) electrons. The average Bonchev–Trinajstić information content (AvgIpc) is 2.50. The van der Waals surface area contributed by atoms with Crippen molar-refractivity contribution in [2.75, 3.05) is 19.3 Å². The molecule has 2 fully saturated rings. The highest BCUT2D eigenvalue weighted by atomic mass is 32.2. The molecular formula is C10H17N3OS. The quantitative estimate of drug-likeness (QED) is 0.717. The van der Waals surface area contributed by atoms with Crippen LogP contribution >= 0.6 is 11.8 Å². The Bertz CT molecular complexity index is 292. The highest BCUT2D eigenvalue weighted by Crippen LogP contribution is 2.18. The molecular weight excluding hydrogens is 210 g/mol. The number of likely N-dealkylation sites (N-methyl/N-ethyl adjacent to an activating group) is 1. The molecule has 2 heterocycles. The summed E-state index contributed by atoms with van der Waals surface area (Å²) in [5, 5.41) is 4.27. The second-order valence-corrected chi connectivity index (χ2v) is 5.26. The van der Waals surface area contributed by atoms with Crippen molar-refractivity contribution in [2.45, 2.75) is 31.8 Å². The van der Waals surface area contributed by atoms with Crippen LogP contribution in [-0.2, 0) is 4.79 Å². The Balaban J connectivity index is 2.00. The van der Waals surface area contributed by atoms with Crippen molar-refractivity contribution in [1.82, 2.24) is 10.2 Å². The van der Waals surface area contributed by atoms with Crippen molar-refractivity contribution in [3.8, 4) is 0 Å². The van der Waals surface area contributed by atoms with Crippen molar-refractivity contribution in [2.24, 2.45) is 4.99 Å². The molecule has 0 aromatic rings. The first-order valence-electron chi connectivity index (χ1n) is 5.39. The number of hydrogen-bond acceptors (Lipinski definition) is 3. The number of carbonyl (C=O) groups is 1. The molecule has 5 heteroatoms. The van der Waals surface area contributed by atoms with Crippen LogP contribution in [0, 0.1) is 0 Å². The lowest BCUT2D eigenvalue weighted by molar-refractivity contribution is -0.127. The van der Waals surface area contributed by atoms with Crippen molar-refractivity contribution in [3.05, 3.63) is 0 Å². The number of nitrogens with zero attached hydrogens (tertiary/aromatic N) is 2. The van der Waals surface area contributed by atoms with Crippen molar-refractivity contribution >= 4 is 22.8 Å². The lowest BCUT2D eigenvalue weighted by atomic mass is 10.2. The van der Waals surface area contributed by atoms with Crippen molar-refractivity contribution in [3.63, 3.8) is 0 Å². The SMILES string of the molecule is CC1CCSC(=NC2CCN(C)C2=O)N1. The molecule has 0 saturated carbocycles. The maximum Gasteiger partial charge on any atom is 0.247 e. The van der Waals surface area contributed by atoms with Gasteiger partial charge in [-0.05, 0) is 19.8 Å². The van der Waals surface area contributed by atoms with Crippen LogP contribution in [0.3, 0.4) is 0 Å². The van der Waals surface area contributed by atoms with Gasteiger partial charge in [0.15, 0.2) is 5.17 Å². The fourth-order valence-corrected chi connectivity index (χ4v) is 2.95. The molecule has 4 nitrogen and oxygen atoms in total. The number of thioether (sulfide) groups is 1. The molecule has 15 heavy (non-hydrogen) atoms. The summed E-state index contributed by atoms with van der Waals surface area (Å²) in [6.45, 7) is 2.98. The Morgan fingerprint density at radius 1 is 1.53 bits per heavy atom. The Hall–Kier alpha value is -0.710. The van der Waals surface area contributed by atoms with E-state index in [1.54, 1.807) is 16.7 Å². The van der Waals surface area contributed by atoms with Crippen LogP contribution in [0.25, 0.3) is 0 Å². The van der Waals surface area contributed by atoms with E-state index in [0.717, 1.165) is 23.9 Å². The van der Waals surface area contributed by atoms with Crippen LogP contribution in [0.4, 0.5) is 0 Å². The molecule has 0 aromatic heterocycles. The zero-order valence-electron chi connectivity index (χ0n) is 9.19. The zero-order chi connectivity index (χ0) is 10.8. The molecule has 2 aliphatic heterocycles. The summed E-state index contributed by atoms with van der Waals surface area (Å²) < 4.78 is 0. The van der Waals surface area contributed by atoms with E-state index >= 15 is 0 Å². The largest absolute Gasteiger partial charge is 0.362 e. The Morgan fingerprint density at radius 3 is 2.93 bits per heavy atom. The predicted octanol–water partition coefficient (Wildman–Crippen LogP) is 0.688. The van der Waals surface area contributed by atoms with Crippen LogP contribution in [-0.4, -0.2) is 47.4 Å². The Morgan fingerprint density at radius 2 is 2.33 bits per heavy atom. The van der Waals surface area contributed by atoms with Gasteiger partial charge in [-0.25, -0.2) is 4.99 Å². The van der Waals surface area contributed by atoms with Crippen LogP contribution in [0.1, 0.15) is 19.8 Å². The fraction of sp³-hybridized carbons (Fsp3) is 0.800. The van der Waals surface area contributed by atoms with Gasteiger partial charge < -0.3 is 10.2 Å². The second kappa shape index (κ2) is 4.43. The standard InChI is InChI=1S/C10H17N3OS/c1-7-4-6-15-10(11-7)12-8-3-5-13(2)9(8)14/h7-8H,3-6H2,1-2H3,(H,11,12). The van der Waals surface area contributed by atoms with Gasteiger partial charge in [0.05, 0.1) is 0 Å². The minimum Gasteiger partial charge on any atom is -0.362 e. The molecule has 1 amide bonds. The third-order valence-corrected chi connectivity index (χ3v) is 3.77. The summed E-state index contributed by atoms with van der Waals surface area (Å²) in [7, 11) is 1.84. The van der Waals surface area contributed by atoms with E-state index in [1.807, 2.05) is 7.05 Å². The van der Waals surface area contributed by atoms with Crippen molar-refractivity contribution in [1.29, 1.82) is 0 Å². The average molecular weight is 227 g/mol. The molecule has 0 spiro atoms. The molecule has 2 unspecified atom stereocenters. The second-order valence-electron chi connectivity index (χ2n) is 4.18. The first kappa shape index (κ1) is 10.8. The lowest BCUT2D eigenvalue weighted by Gasteiger charge is -2.22. The number of amides is 1. The van der Waals surface area contributed by atoms with Gasteiger partial charge in [-0.1, -0.05) is 11.8 Å². The van der Waals surface area contributed by atoms with Gasteiger partial charge in [0.1, 0.15) is 6.04 Å². The van der Waals surface area contributed by atoms with Crippen LogP contribution < -0.4 is 5.32 Å². The highest BCUT2D eigenvalue weighted by molar-refractivity contribution is 8.13. The molecule has 2 rings (SSSR count). The van der Waals surface area contributed by atoms with E-state index in [1.165, 1.54) is 6.42 Å². The van der Waals surface area contributed by atoms with E-state index in [2.05, 4.69) is 17.2 Å². The summed E-state index contributed by atoms with van der Waals surface area (Å²) in [4.78, 5) is 17.9. The number of rotatable bonds is 1. The summed E-state index contributed by atoms with van der Waals surface area (Å²) in [6, 6.07) is 0.342. The summed E-state index contributed by atoms with van der Waals surface area (Å²) in [6.07, 6.45) is 2.03. The lowest BCUT2D eigenvalue weighted by Crippen LogP contribution is -2.37. The van der Waals surface area contributed by atoms with Crippen LogP contribution in [0.5, 0.6) is 0 Å². The minimum atomic E-state index is -0.143. The van der Waals surface area contributed by atoms with E-state index in [9.17, 15) is 4.79 Å². The van der Waals surface area contributed by atoms with E-state index in [4.69, 9.17) is 0 Å². The number of likely N-dealkylation sites (tertiary alicyclic amines) is 1. The smallest absolute Gasteiger partial charge is 0.247 e. The van der Waals surface area contributed by atoms with E-state index in [0.29, 0.717) is 6.04 Å². The number of carbonyl (C=O) groups excluding carboxylic acids is 1. The third kappa shape index (κ3) is 2.45. The molecule has 0 aliphatic carbocycles. The topological polar surface area (TPSA) is 44.7 Å². The highest BCUT2D eigenvalue weighted by Gasteiger charge is 2.29. The molecule has 0 aromatic carbocycles. The van der Waals surface area contributed by atoms with E-state index in [-0.39, 0.29) is 11.9 Å². The molecule has 2 aliphatic rings. The monoisotopic (exact) mass is 227 g/mol. The molecule has 1 N–H and O–H groups in total. The predicted molar refractivity (Wildman–Crippen MR) is 63.1 cm³/mol. The first-order chi connectivity index (χ1) is 7.16. The minimum absolute atomic E-state index is 0.143. The molecule has 0 bridgehead atoms. The van der Waals surface area contributed by atoms with Gasteiger partial charge in [0, 0.05) is 25.4 Å². The van der Waals surface area contributed by atoms with Gasteiger partial charge in [-0.15, -0.1) is 0 Å². The van der Waals surface area contributed by atoms with E-state index < -0.39 is 0 Å². The van der Waals surface area contributed by atoms with Gasteiger partial charge in [-0.3, -0.25) is 4.79 Å². The van der Waals surface area contributed by atoms with Crippen molar-refractivity contribution < 1.29 is 4.79 Å². The maximum absolute atomic E-state index is 11.6.